The van der Waals surface area contributed by atoms with Gasteiger partial charge in [0, 0.05) is 26.2 Å². The number of hydrogen-bond donors (Lipinski definition) is 13. The second kappa shape index (κ2) is 26.1. The summed E-state index contributed by atoms with van der Waals surface area (Å²) in [6.07, 6.45) is 0. The SMILES string of the molecule is NCCO.NCCO.NCCO.NCCO.O=P(O)(O)OP(=O)(O)OP(=O)(O)O. The third kappa shape index (κ3) is 73.9. The number of aliphatic hydroxyl groups is 4. The molecule has 21 heteroatoms. The molecule has 184 valence electrons. The van der Waals surface area contributed by atoms with E-state index in [0.29, 0.717) is 26.2 Å². The van der Waals surface area contributed by atoms with Crippen LogP contribution in [0.4, 0.5) is 0 Å². The van der Waals surface area contributed by atoms with Crippen LogP contribution in [0.5, 0.6) is 0 Å². The summed E-state index contributed by atoms with van der Waals surface area (Å²) < 4.78 is 36.4. The monoisotopic (exact) mass is 502 g/mol. The molecule has 0 amide bonds. The molecule has 0 aliphatic rings. The minimum atomic E-state index is -5.46. The summed E-state index contributed by atoms with van der Waals surface area (Å²) in [5.74, 6) is 0. The Labute approximate surface area is 167 Å². The lowest BCUT2D eigenvalue weighted by Crippen LogP contribution is -2.02. The summed E-state index contributed by atoms with van der Waals surface area (Å²) in [6.45, 7) is 1.89. The standard InChI is InChI=1S/4C2H7NO.H5O10P3/c4*3-1-2-4;1-11(2,3)9-13(7,8)10-12(4,5)6/h4*4H,1-3H2;(H,7,8)(H2,1,2,3)(H2,4,5,6). The van der Waals surface area contributed by atoms with Crippen molar-refractivity contribution in [3.05, 3.63) is 0 Å². The first-order chi connectivity index (χ1) is 13.1. The van der Waals surface area contributed by atoms with E-state index in [4.69, 9.17) is 67.8 Å². The molecule has 0 aromatic carbocycles. The zero-order chi connectivity index (χ0) is 24.6. The van der Waals surface area contributed by atoms with Gasteiger partial charge in [-0.25, -0.2) is 13.7 Å². The third-order valence-electron chi connectivity index (χ3n) is 0.935. The predicted molar refractivity (Wildman–Crippen MR) is 101 cm³/mol. The highest BCUT2D eigenvalue weighted by molar-refractivity contribution is 7.66. The first-order valence-electron chi connectivity index (χ1n) is 7.18. The average molecular weight is 502 g/mol. The Morgan fingerprint density at radius 1 is 0.517 bits per heavy atom. The van der Waals surface area contributed by atoms with Gasteiger partial charge < -0.3 is 67.8 Å². The molecule has 0 aromatic heterocycles. The fourth-order valence-corrected chi connectivity index (χ4v) is 2.82. The first kappa shape index (κ1) is 39.6. The molecule has 0 aliphatic carbocycles. The zero-order valence-corrected chi connectivity index (χ0v) is 18.1. The van der Waals surface area contributed by atoms with Gasteiger partial charge in [0.25, 0.3) is 0 Å². The van der Waals surface area contributed by atoms with Crippen LogP contribution < -0.4 is 22.9 Å². The van der Waals surface area contributed by atoms with Crippen molar-refractivity contribution in [1.29, 1.82) is 0 Å². The maximum atomic E-state index is 10.4. The van der Waals surface area contributed by atoms with E-state index < -0.39 is 23.5 Å². The minimum absolute atomic E-state index is 0.0972. The number of nitrogens with two attached hydrogens (primary N) is 4. The van der Waals surface area contributed by atoms with Crippen LogP contribution in [0.25, 0.3) is 0 Å². The fraction of sp³-hybridized carbons (Fsp3) is 1.00. The maximum Gasteiger partial charge on any atom is 0.490 e. The summed E-state index contributed by atoms with van der Waals surface area (Å²) in [6, 6.07) is 0. The van der Waals surface area contributed by atoms with Crippen LogP contribution in [0.1, 0.15) is 0 Å². The number of hydrogen-bond acceptors (Lipinski definition) is 13. The van der Waals surface area contributed by atoms with E-state index in [1.54, 1.807) is 0 Å². The van der Waals surface area contributed by atoms with Gasteiger partial charge in [-0.1, -0.05) is 0 Å². The van der Waals surface area contributed by atoms with Crippen LogP contribution in [0.3, 0.4) is 0 Å². The molecule has 0 atom stereocenters. The highest BCUT2D eigenvalue weighted by Crippen LogP contribution is 2.64. The normalized spacial score (nSPS) is 10.7. The van der Waals surface area contributed by atoms with Gasteiger partial charge in [-0.3, -0.25) is 0 Å². The summed E-state index contributed by atoms with van der Waals surface area (Å²) in [5, 5.41) is 31.0. The van der Waals surface area contributed by atoms with Crippen molar-refractivity contribution in [3.8, 4) is 0 Å². The Balaban J connectivity index is -0.0000000984. The van der Waals surface area contributed by atoms with Gasteiger partial charge in [0.1, 0.15) is 0 Å². The van der Waals surface area contributed by atoms with Gasteiger partial charge >= 0.3 is 23.5 Å². The molecule has 0 rings (SSSR count). The molecule has 29 heavy (non-hydrogen) atoms. The highest BCUT2D eigenvalue weighted by atomic mass is 31.3. The lowest BCUT2D eigenvalue weighted by molar-refractivity contribution is 0.204. The summed E-state index contributed by atoms with van der Waals surface area (Å²) in [7, 11) is -16.2. The molecule has 0 saturated heterocycles. The molecule has 0 unspecified atom stereocenters. The Bertz CT molecular complexity index is 395. The molecule has 18 nitrogen and oxygen atoms in total. The summed E-state index contributed by atoms with van der Waals surface area (Å²) in [5.41, 5.74) is 19.1. The van der Waals surface area contributed by atoms with Gasteiger partial charge in [-0.2, -0.15) is 8.62 Å². The molecule has 17 N–H and O–H groups in total. The van der Waals surface area contributed by atoms with Crippen molar-refractivity contribution in [1.82, 2.24) is 0 Å². The molecule has 0 bridgehead atoms. The average Bonchev–Trinajstić information content (AvgIpc) is 2.58. The number of rotatable bonds is 8. The zero-order valence-electron chi connectivity index (χ0n) is 15.4. The van der Waals surface area contributed by atoms with Crippen LogP contribution in [-0.4, -0.2) is 97.5 Å². The maximum absolute atomic E-state index is 10.4. The van der Waals surface area contributed by atoms with Crippen LogP contribution >= 0.6 is 23.5 Å². The van der Waals surface area contributed by atoms with E-state index >= 15 is 0 Å². The van der Waals surface area contributed by atoms with Crippen molar-refractivity contribution in [2.24, 2.45) is 22.9 Å². The van der Waals surface area contributed by atoms with Crippen molar-refractivity contribution >= 4 is 23.5 Å². The smallest absolute Gasteiger partial charge is 0.395 e. The van der Waals surface area contributed by atoms with Crippen LogP contribution in [0, 0.1) is 0 Å². The molecular formula is C8H33N4O14P3. The highest BCUT2D eigenvalue weighted by Gasteiger charge is 2.38. The van der Waals surface area contributed by atoms with E-state index in [2.05, 4.69) is 8.62 Å². The van der Waals surface area contributed by atoms with E-state index in [1.807, 2.05) is 0 Å². The molecule has 0 aliphatic heterocycles. The quantitative estimate of drug-likeness (QED) is 0.138. The topological polar surface area (TPSA) is 356 Å². The van der Waals surface area contributed by atoms with E-state index in [9.17, 15) is 13.7 Å². The van der Waals surface area contributed by atoms with Crippen LogP contribution in [-0.2, 0) is 22.3 Å². The Hall–Kier alpha value is 0.0900. The second-order valence-corrected chi connectivity index (χ2v) is 7.87. The number of phosphoric acid groups is 3. The first-order valence-corrected chi connectivity index (χ1v) is 11.7. The molecule has 0 saturated carbocycles. The van der Waals surface area contributed by atoms with Gasteiger partial charge in [0.15, 0.2) is 0 Å². The molecule has 0 fully saturated rings. The third-order valence-corrected chi connectivity index (χ3v) is 4.29. The van der Waals surface area contributed by atoms with Crippen LogP contribution in [0.15, 0.2) is 0 Å². The van der Waals surface area contributed by atoms with Gasteiger partial charge in [-0.15, -0.1) is 0 Å². The molecule has 0 radical (unpaired) electrons. The van der Waals surface area contributed by atoms with Crippen LogP contribution in [0.2, 0.25) is 0 Å². The molecule has 0 spiro atoms. The van der Waals surface area contributed by atoms with Gasteiger partial charge in [0.2, 0.25) is 0 Å². The predicted octanol–water partition coefficient (Wildman–Crippen LogP) is -4.94. The Morgan fingerprint density at radius 3 is 0.724 bits per heavy atom. The lowest BCUT2D eigenvalue weighted by Gasteiger charge is -2.11. The van der Waals surface area contributed by atoms with Gasteiger partial charge in [-0.05, 0) is 0 Å². The van der Waals surface area contributed by atoms with Gasteiger partial charge in [0.05, 0.1) is 26.4 Å². The Morgan fingerprint density at radius 2 is 0.655 bits per heavy atom. The van der Waals surface area contributed by atoms with Crippen molar-refractivity contribution in [2.45, 2.75) is 0 Å². The minimum Gasteiger partial charge on any atom is -0.395 e. The van der Waals surface area contributed by atoms with Crippen molar-refractivity contribution < 1.29 is 67.2 Å². The molecule has 0 heterocycles. The van der Waals surface area contributed by atoms with E-state index in [1.165, 1.54) is 0 Å². The van der Waals surface area contributed by atoms with E-state index in [0.717, 1.165) is 0 Å². The lowest BCUT2D eigenvalue weighted by atomic mass is 10.8. The summed E-state index contributed by atoms with van der Waals surface area (Å²) in [4.78, 5) is 40.2. The molecule has 0 aromatic rings. The summed E-state index contributed by atoms with van der Waals surface area (Å²) >= 11 is 0. The Kier molecular flexibility index (Phi) is 35.6. The number of aliphatic hydroxyl groups excluding tert-OH is 4. The molecular weight excluding hydrogens is 469 g/mol. The second-order valence-electron chi connectivity index (χ2n) is 3.66. The largest absolute Gasteiger partial charge is 0.490 e. The fourth-order valence-electron chi connectivity index (χ4n) is 0.284. The van der Waals surface area contributed by atoms with E-state index in [-0.39, 0.29) is 26.4 Å². The van der Waals surface area contributed by atoms with Crippen molar-refractivity contribution in [2.75, 3.05) is 52.6 Å². The van der Waals surface area contributed by atoms with Crippen molar-refractivity contribution in [3.63, 3.8) is 0 Å².